The number of pyridine rings is 1. The Morgan fingerprint density at radius 2 is 2.18 bits per heavy atom. The number of anilines is 1. The van der Waals surface area contributed by atoms with E-state index in [1.165, 1.54) is 0 Å². The van der Waals surface area contributed by atoms with Crippen LogP contribution in [0.5, 0.6) is 0 Å². The molecule has 1 aromatic heterocycles. The minimum absolute atomic E-state index is 0.0507. The molecule has 17 heavy (non-hydrogen) atoms. The lowest BCUT2D eigenvalue weighted by Crippen LogP contribution is -2.37. The van der Waals surface area contributed by atoms with Crippen molar-refractivity contribution in [1.82, 2.24) is 4.98 Å². The first-order chi connectivity index (χ1) is 8.22. The van der Waals surface area contributed by atoms with Gasteiger partial charge in [-0.1, -0.05) is 0 Å². The van der Waals surface area contributed by atoms with Gasteiger partial charge in [0.15, 0.2) is 0 Å². The standard InChI is InChI=1S/C13H20N2O2/c1-10-7-11(9-16)8-14-13(10)15(2)12-3-5-17-6-4-12/h7-8,12,16H,3-6,9H2,1-2H3. The van der Waals surface area contributed by atoms with E-state index in [2.05, 4.69) is 16.9 Å². The van der Waals surface area contributed by atoms with Gasteiger partial charge in [0.25, 0.3) is 0 Å². The fraction of sp³-hybridized carbons (Fsp3) is 0.615. The van der Waals surface area contributed by atoms with E-state index in [9.17, 15) is 0 Å². The van der Waals surface area contributed by atoms with E-state index in [0.29, 0.717) is 6.04 Å². The summed E-state index contributed by atoms with van der Waals surface area (Å²) in [5.74, 6) is 1.01. The third-order valence-corrected chi connectivity index (χ3v) is 3.36. The number of aryl methyl sites for hydroxylation is 1. The molecular weight excluding hydrogens is 216 g/mol. The zero-order valence-corrected chi connectivity index (χ0v) is 10.5. The first kappa shape index (κ1) is 12.3. The van der Waals surface area contributed by atoms with Crippen molar-refractivity contribution >= 4 is 5.82 Å². The Bertz CT molecular complexity index is 376. The van der Waals surface area contributed by atoms with Crippen molar-refractivity contribution in [1.29, 1.82) is 0 Å². The van der Waals surface area contributed by atoms with E-state index in [0.717, 1.165) is 43.0 Å². The van der Waals surface area contributed by atoms with Gasteiger partial charge < -0.3 is 14.7 Å². The van der Waals surface area contributed by atoms with Gasteiger partial charge in [-0.05, 0) is 37.0 Å². The summed E-state index contributed by atoms with van der Waals surface area (Å²) in [5, 5.41) is 9.07. The maximum Gasteiger partial charge on any atom is 0.131 e. The van der Waals surface area contributed by atoms with Crippen molar-refractivity contribution in [2.75, 3.05) is 25.2 Å². The van der Waals surface area contributed by atoms with E-state index in [1.54, 1.807) is 6.20 Å². The van der Waals surface area contributed by atoms with E-state index in [-0.39, 0.29) is 6.61 Å². The van der Waals surface area contributed by atoms with Gasteiger partial charge in [-0.15, -0.1) is 0 Å². The molecule has 0 spiro atoms. The molecule has 0 saturated carbocycles. The van der Waals surface area contributed by atoms with Crippen LogP contribution in [-0.4, -0.2) is 36.4 Å². The average molecular weight is 236 g/mol. The SMILES string of the molecule is Cc1cc(CO)cnc1N(C)C1CCOCC1. The van der Waals surface area contributed by atoms with Crippen LogP contribution in [0.2, 0.25) is 0 Å². The van der Waals surface area contributed by atoms with Crippen LogP contribution in [0.25, 0.3) is 0 Å². The summed E-state index contributed by atoms with van der Waals surface area (Å²) >= 11 is 0. The van der Waals surface area contributed by atoms with Crippen LogP contribution in [0.15, 0.2) is 12.3 Å². The zero-order valence-electron chi connectivity index (χ0n) is 10.5. The molecule has 0 aromatic carbocycles. The lowest BCUT2D eigenvalue weighted by Gasteiger charge is -2.33. The number of aliphatic hydroxyl groups excluding tert-OH is 1. The van der Waals surface area contributed by atoms with E-state index >= 15 is 0 Å². The molecule has 4 nitrogen and oxygen atoms in total. The van der Waals surface area contributed by atoms with Crippen molar-refractivity contribution in [3.05, 3.63) is 23.4 Å². The molecule has 0 unspecified atom stereocenters. The molecule has 1 aliphatic rings. The third-order valence-electron chi connectivity index (χ3n) is 3.36. The van der Waals surface area contributed by atoms with Gasteiger partial charge in [0.2, 0.25) is 0 Å². The number of rotatable bonds is 3. The molecule has 0 bridgehead atoms. The van der Waals surface area contributed by atoms with Gasteiger partial charge in [-0.3, -0.25) is 0 Å². The van der Waals surface area contributed by atoms with Crippen molar-refractivity contribution in [2.24, 2.45) is 0 Å². The van der Waals surface area contributed by atoms with Gasteiger partial charge in [0, 0.05) is 32.5 Å². The molecule has 0 radical (unpaired) electrons. The summed E-state index contributed by atoms with van der Waals surface area (Å²) in [6.07, 6.45) is 3.86. The maximum absolute atomic E-state index is 9.07. The van der Waals surface area contributed by atoms with Crippen molar-refractivity contribution in [2.45, 2.75) is 32.4 Å². The molecule has 0 atom stereocenters. The minimum Gasteiger partial charge on any atom is -0.392 e. The summed E-state index contributed by atoms with van der Waals surface area (Å²) in [6, 6.07) is 2.51. The highest BCUT2D eigenvalue weighted by Gasteiger charge is 2.20. The van der Waals surface area contributed by atoms with Crippen molar-refractivity contribution in [3.8, 4) is 0 Å². The molecule has 1 saturated heterocycles. The van der Waals surface area contributed by atoms with Crippen LogP contribution in [0.3, 0.4) is 0 Å². The number of hydrogen-bond donors (Lipinski definition) is 1. The highest BCUT2D eigenvalue weighted by molar-refractivity contribution is 5.47. The van der Waals surface area contributed by atoms with Gasteiger partial charge in [0.1, 0.15) is 5.82 Å². The number of aromatic nitrogens is 1. The van der Waals surface area contributed by atoms with Crippen LogP contribution >= 0.6 is 0 Å². The second-order valence-corrected chi connectivity index (χ2v) is 4.60. The smallest absolute Gasteiger partial charge is 0.131 e. The van der Waals surface area contributed by atoms with Gasteiger partial charge >= 0.3 is 0 Å². The Labute approximate surface area is 102 Å². The Morgan fingerprint density at radius 3 is 2.76 bits per heavy atom. The number of hydrogen-bond acceptors (Lipinski definition) is 4. The maximum atomic E-state index is 9.07. The highest BCUT2D eigenvalue weighted by atomic mass is 16.5. The van der Waals surface area contributed by atoms with Crippen LogP contribution in [-0.2, 0) is 11.3 Å². The second kappa shape index (κ2) is 5.47. The third kappa shape index (κ3) is 2.76. The summed E-state index contributed by atoms with van der Waals surface area (Å²) < 4.78 is 5.37. The summed E-state index contributed by atoms with van der Waals surface area (Å²) in [5.41, 5.74) is 1.98. The van der Waals surface area contributed by atoms with E-state index in [4.69, 9.17) is 9.84 Å². The normalized spacial score (nSPS) is 17.1. The molecule has 2 heterocycles. The monoisotopic (exact) mass is 236 g/mol. The van der Waals surface area contributed by atoms with E-state index < -0.39 is 0 Å². The lowest BCUT2D eigenvalue weighted by molar-refractivity contribution is 0.0853. The highest BCUT2D eigenvalue weighted by Crippen LogP contribution is 2.23. The molecule has 1 aliphatic heterocycles. The van der Waals surface area contributed by atoms with Gasteiger partial charge in [-0.25, -0.2) is 4.98 Å². The Balaban J connectivity index is 2.15. The number of ether oxygens (including phenoxy) is 1. The number of nitrogens with zero attached hydrogens (tertiary/aromatic N) is 2. The molecule has 2 rings (SSSR count). The molecule has 0 aliphatic carbocycles. The Hall–Kier alpha value is -1.13. The Morgan fingerprint density at radius 1 is 1.47 bits per heavy atom. The zero-order chi connectivity index (χ0) is 12.3. The fourth-order valence-electron chi connectivity index (χ4n) is 2.33. The molecule has 1 fully saturated rings. The molecule has 0 amide bonds. The van der Waals surface area contributed by atoms with Crippen LogP contribution in [0.4, 0.5) is 5.82 Å². The number of aliphatic hydroxyl groups is 1. The topological polar surface area (TPSA) is 45.6 Å². The summed E-state index contributed by atoms with van der Waals surface area (Å²) in [6.45, 7) is 3.76. The fourth-order valence-corrected chi connectivity index (χ4v) is 2.33. The second-order valence-electron chi connectivity index (χ2n) is 4.60. The minimum atomic E-state index is 0.0507. The van der Waals surface area contributed by atoms with Crippen LogP contribution in [0, 0.1) is 6.92 Å². The summed E-state index contributed by atoms with van der Waals surface area (Å²) in [7, 11) is 2.09. The molecule has 4 heteroatoms. The molecule has 94 valence electrons. The first-order valence-electron chi connectivity index (χ1n) is 6.09. The Kier molecular flexibility index (Phi) is 3.97. The molecular formula is C13H20N2O2. The quantitative estimate of drug-likeness (QED) is 0.864. The van der Waals surface area contributed by atoms with Gasteiger partial charge in [0.05, 0.1) is 6.61 Å². The predicted molar refractivity (Wildman–Crippen MR) is 67.1 cm³/mol. The van der Waals surface area contributed by atoms with Gasteiger partial charge in [-0.2, -0.15) is 0 Å². The van der Waals surface area contributed by atoms with Crippen molar-refractivity contribution < 1.29 is 9.84 Å². The molecule has 1 aromatic rings. The molecule has 1 N–H and O–H groups in total. The van der Waals surface area contributed by atoms with Crippen LogP contribution < -0.4 is 4.90 Å². The van der Waals surface area contributed by atoms with Crippen molar-refractivity contribution in [3.63, 3.8) is 0 Å². The summed E-state index contributed by atoms with van der Waals surface area (Å²) in [4.78, 5) is 6.68. The first-order valence-corrected chi connectivity index (χ1v) is 6.09. The van der Waals surface area contributed by atoms with E-state index in [1.807, 2.05) is 13.0 Å². The predicted octanol–water partition coefficient (Wildman–Crippen LogP) is 1.50. The average Bonchev–Trinajstić information content (AvgIpc) is 2.39. The van der Waals surface area contributed by atoms with Crippen LogP contribution in [0.1, 0.15) is 24.0 Å². The largest absolute Gasteiger partial charge is 0.392 e. The lowest BCUT2D eigenvalue weighted by atomic mass is 10.1.